The summed E-state index contributed by atoms with van der Waals surface area (Å²) in [5.41, 5.74) is 1.99. The second-order valence-corrected chi connectivity index (χ2v) is 14.0. The molecule has 5 aliphatic rings. The number of morpholine rings is 1. The van der Waals surface area contributed by atoms with Crippen LogP contribution in [0, 0.1) is 17.8 Å². The highest BCUT2D eigenvalue weighted by Crippen LogP contribution is 2.66. The minimum atomic E-state index is 0.0874. The van der Waals surface area contributed by atoms with Crippen LogP contribution >= 0.6 is 34.9 Å². The molecule has 3 aliphatic carbocycles. The van der Waals surface area contributed by atoms with E-state index in [-0.39, 0.29) is 17.7 Å². The molecule has 0 aromatic carbocycles. The molecular formula is C24H32N2O3S3. The Hall–Kier alpha value is -0.700. The Morgan fingerprint density at radius 1 is 1.00 bits per heavy atom. The molecule has 3 heterocycles. The fourth-order valence-corrected chi connectivity index (χ4v) is 11.9. The first-order chi connectivity index (χ1) is 15.7. The zero-order valence-electron chi connectivity index (χ0n) is 18.5. The minimum Gasteiger partial charge on any atom is -0.378 e. The van der Waals surface area contributed by atoms with Crippen LogP contribution in [-0.4, -0.2) is 58.6 Å². The second kappa shape index (κ2) is 8.82. The van der Waals surface area contributed by atoms with Crippen LogP contribution in [0.25, 0.3) is 0 Å². The number of fused-ring (bicyclic) bond motifs is 1. The highest BCUT2D eigenvalue weighted by Gasteiger charge is 2.57. The van der Waals surface area contributed by atoms with E-state index in [2.05, 4.69) is 28.8 Å². The van der Waals surface area contributed by atoms with Gasteiger partial charge in [-0.05, 0) is 68.8 Å². The van der Waals surface area contributed by atoms with Gasteiger partial charge in [-0.2, -0.15) is 0 Å². The molecule has 1 N–H and O–H groups in total. The first-order valence-electron chi connectivity index (χ1n) is 12.3. The van der Waals surface area contributed by atoms with Crippen molar-refractivity contribution in [2.24, 2.45) is 17.8 Å². The number of ether oxygens (including phenoxy) is 1. The first kappa shape index (κ1) is 21.8. The average molecular weight is 493 g/mol. The Kier molecular flexibility index (Phi) is 6.01. The number of amides is 2. The van der Waals surface area contributed by atoms with Gasteiger partial charge in [0.05, 0.1) is 22.9 Å². The number of thiophene rings is 1. The van der Waals surface area contributed by atoms with Crippen molar-refractivity contribution in [1.82, 2.24) is 4.90 Å². The summed E-state index contributed by atoms with van der Waals surface area (Å²) in [6.45, 7) is 2.48. The van der Waals surface area contributed by atoms with Crippen molar-refractivity contribution in [3.05, 3.63) is 16.0 Å². The van der Waals surface area contributed by atoms with Crippen molar-refractivity contribution in [1.29, 1.82) is 0 Å². The summed E-state index contributed by atoms with van der Waals surface area (Å²) in [6, 6.07) is 0. The van der Waals surface area contributed by atoms with E-state index in [9.17, 15) is 9.59 Å². The van der Waals surface area contributed by atoms with Gasteiger partial charge >= 0.3 is 0 Å². The average Bonchev–Trinajstić information content (AvgIpc) is 3.48. The van der Waals surface area contributed by atoms with Crippen LogP contribution in [0.5, 0.6) is 0 Å². The normalized spacial score (nSPS) is 31.0. The molecular weight excluding hydrogens is 460 g/mol. The van der Waals surface area contributed by atoms with Crippen molar-refractivity contribution < 1.29 is 14.3 Å². The molecule has 1 aromatic rings. The number of nitrogens with zero attached hydrogens (tertiary/aromatic N) is 1. The van der Waals surface area contributed by atoms with Crippen LogP contribution in [0.1, 0.15) is 59.3 Å². The van der Waals surface area contributed by atoms with Crippen LogP contribution in [0.4, 0.5) is 5.00 Å². The van der Waals surface area contributed by atoms with Crippen molar-refractivity contribution >= 4 is 51.7 Å². The minimum absolute atomic E-state index is 0.0874. The highest BCUT2D eigenvalue weighted by molar-refractivity contribution is 8.21. The molecule has 2 saturated heterocycles. The van der Waals surface area contributed by atoms with E-state index in [4.69, 9.17) is 4.74 Å². The standard InChI is InChI=1S/C24H32N2O3S3/c27-21(15-13-16-5-6-17(14-15)24(16)30-11-12-31-24)25-22-20(18-3-1-2-4-19(18)32-22)23(28)26-7-9-29-10-8-26/h15-17H,1-14H2,(H,25,27)/t15?,16-,17+. The summed E-state index contributed by atoms with van der Waals surface area (Å²) < 4.78 is 5.85. The Morgan fingerprint density at radius 2 is 1.69 bits per heavy atom. The molecule has 174 valence electrons. The number of carbonyl (C=O) groups is 2. The van der Waals surface area contributed by atoms with Gasteiger partial charge in [-0.1, -0.05) is 0 Å². The summed E-state index contributed by atoms with van der Waals surface area (Å²) in [7, 11) is 0. The fourth-order valence-electron chi connectivity index (χ4n) is 6.63. The second-order valence-electron chi connectivity index (χ2n) is 9.87. The van der Waals surface area contributed by atoms with Crippen LogP contribution < -0.4 is 5.32 Å². The van der Waals surface area contributed by atoms with Crippen molar-refractivity contribution in [2.75, 3.05) is 43.1 Å². The van der Waals surface area contributed by atoms with Gasteiger partial charge in [0.2, 0.25) is 5.91 Å². The Bertz CT molecular complexity index is 889. The van der Waals surface area contributed by atoms with Crippen molar-refractivity contribution in [3.8, 4) is 0 Å². The smallest absolute Gasteiger partial charge is 0.257 e. The number of carbonyl (C=O) groups excluding carboxylic acids is 2. The predicted molar refractivity (Wildman–Crippen MR) is 133 cm³/mol. The predicted octanol–water partition coefficient (Wildman–Crippen LogP) is 4.65. The number of rotatable bonds is 3. The van der Waals surface area contributed by atoms with E-state index >= 15 is 0 Å². The number of aryl methyl sites for hydroxylation is 1. The maximum atomic E-state index is 13.5. The van der Waals surface area contributed by atoms with E-state index in [0.29, 0.717) is 42.2 Å². The quantitative estimate of drug-likeness (QED) is 0.666. The molecule has 2 aliphatic heterocycles. The molecule has 6 rings (SSSR count). The van der Waals surface area contributed by atoms with E-state index in [1.807, 2.05) is 4.90 Å². The van der Waals surface area contributed by atoms with Gasteiger partial charge in [0.25, 0.3) is 5.91 Å². The van der Waals surface area contributed by atoms with Gasteiger partial charge in [0.15, 0.2) is 0 Å². The molecule has 4 fully saturated rings. The summed E-state index contributed by atoms with van der Waals surface area (Å²) in [6.07, 6.45) is 8.88. The summed E-state index contributed by atoms with van der Waals surface area (Å²) >= 11 is 6.01. The molecule has 8 heteroatoms. The van der Waals surface area contributed by atoms with E-state index in [1.165, 1.54) is 41.2 Å². The summed E-state index contributed by atoms with van der Waals surface area (Å²) in [5, 5.41) is 4.11. The van der Waals surface area contributed by atoms with Crippen LogP contribution in [0.3, 0.4) is 0 Å². The lowest BCUT2D eigenvalue weighted by atomic mass is 9.79. The van der Waals surface area contributed by atoms with Gasteiger partial charge in [-0.15, -0.1) is 34.9 Å². The lowest BCUT2D eigenvalue weighted by molar-refractivity contribution is -0.121. The Labute approximate surface area is 202 Å². The molecule has 1 spiro atoms. The van der Waals surface area contributed by atoms with E-state index in [0.717, 1.165) is 42.7 Å². The SMILES string of the molecule is O=C(Nc1sc2c(c1C(=O)N1CCOCC1)CCCC2)C1C[C@H]2CC[C@@H](C1)C21SCCS1. The molecule has 2 amide bonds. The third-order valence-electron chi connectivity index (χ3n) is 8.17. The third kappa shape index (κ3) is 3.64. The molecule has 2 bridgehead atoms. The Balaban J connectivity index is 1.23. The third-order valence-corrected chi connectivity index (χ3v) is 13.4. The van der Waals surface area contributed by atoms with Crippen LogP contribution in [-0.2, 0) is 22.4 Å². The zero-order chi connectivity index (χ0) is 21.7. The van der Waals surface area contributed by atoms with Crippen molar-refractivity contribution in [2.45, 2.75) is 55.4 Å². The maximum Gasteiger partial charge on any atom is 0.257 e. The van der Waals surface area contributed by atoms with Crippen molar-refractivity contribution in [3.63, 3.8) is 0 Å². The molecule has 5 nitrogen and oxygen atoms in total. The van der Waals surface area contributed by atoms with Gasteiger partial charge in [0.1, 0.15) is 5.00 Å². The van der Waals surface area contributed by atoms with E-state index < -0.39 is 0 Å². The number of hydrogen-bond acceptors (Lipinski definition) is 6. The summed E-state index contributed by atoms with van der Waals surface area (Å²) in [4.78, 5) is 30.2. The topological polar surface area (TPSA) is 58.6 Å². The number of thioether (sulfide) groups is 2. The van der Waals surface area contributed by atoms with Crippen LogP contribution in [0.2, 0.25) is 0 Å². The van der Waals surface area contributed by atoms with Crippen LogP contribution in [0.15, 0.2) is 0 Å². The zero-order valence-corrected chi connectivity index (χ0v) is 21.0. The monoisotopic (exact) mass is 492 g/mol. The molecule has 1 unspecified atom stereocenters. The lowest BCUT2D eigenvalue weighted by Crippen LogP contribution is -2.42. The summed E-state index contributed by atoms with van der Waals surface area (Å²) in [5.74, 6) is 4.19. The number of hydrogen-bond donors (Lipinski definition) is 1. The molecule has 2 saturated carbocycles. The highest BCUT2D eigenvalue weighted by atomic mass is 32.2. The number of anilines is 1. The van der Waals surface area contributed by atoms with Gasteiger partial charge in [0, 0.05) is 35.4 Å². The lowest BCUT2D eigenvalue weighted by Gasteiger charge is -2.42. The number of nitrogens with one attached hydrogen (secondary N) is 1. The Morgan fingerprint density at radius 3 is 2.41 bits per heavy atom. The molecule has 32 heavy (non-hydrogen) atoms. The van der Waals surface area contributed by atoms with Gasteiger partial charge in [-0.25, -0.2) is 0 Å². The molecule has 3 atom stereocenters. The molecule has 0 radical (unpaired) electrons. The largest absolute Gasteiger partial charge is 0.378 e. The molecule has 1 aromatic heterocycles. The van der Waals surface area contributed by atoms with E-state index in [1.54, 1.807) is 11.3 Å². The van der Waals surface area contributed by atoms with Gasteiger partial charge < -0.3 is 15.0 Å². The fraction of sp³-hybridized carbons (Fsp3) is 0.750. The first-order valence-corrected chi connectivity index (χ1v) is 15.0. The van der Waals surface area contributed by atoms with Gasteiger partial charge in [-0.3, -0.25) is 9.59 Å². The maximum absolute atomic E-state index is 13.5.